The van der Waals surface area contributed by atoms with Gasteiger partial charge in [-0.2, -0.15) is 0 Å². The van der Waals surface area contributed by atoms with Gasteiger partial charge < -0.3 is 24.4 Å². The van der Waals surface area contributed by atoms with Crippen LogP contribution in [-0.2, 0) is 13.2 Å². The molecule has 4 rings (SSSR count). The van der Waals surface area contributed by atoms with Gasteiger partial charge in [0, 0.05) is 6.54 Å². The Kier molecular flexibility index (Phi) is 8.32. The molecule has 0 spiro atoms. The van der Waals surface area contributed by atoms with Crippen LogP contribution in [0.5, 0.6) is 11.5 Å². The summed E-state index contributed by atoms with van der Waals surface area (Å²) in [6.07, 6.45) is -0.451. The van der Waals surface area contributed by atoms with Crippen LogP contribution >= 0.6 is 0 Å². The third kappa shape index (κ3) is 6.73. The first kappa shape index (κ1) is 26.3. The zero-order valence-corrected chi connectivity index (χ0v) is 21.2. The molecule has 0 aliphatic carbocycles. The highest BCUT2D eigenvalue weighted by atomic mass is 16.5. The molecular weight excluding hydrogens is 490 g/mol. The fraction of sp³-hybridized carbons (Fsp3) is 0.250. The Labute approximate surface area is 218 Å². The molecule has 1 aromatic heterocycles. The number of aryl methyl sites for hydroxylation is 1. The van der Waals surface area contributed by atoms with Crippen LogP contribution in [0.3, 0.4) is 0 Å². The van der Waals surface area contributed by atoms with E-state index in [1.807, 2.05) is 61.5 Å². The van der Waals surface area contributed by atoms with E-state index in [9.17, 15) is 14.4 Å². The molecule has 0 radical (unpaired) electrons. The smallest absolute Gasteiger partial charge is 0.440 e. The van der Waals surface area contributed by atoms with Crippen molar-refractivity contribution >= 4 is 6.09 Å². The minimum Gasteiger partial charge on any atom is -0.494 e. The number of ether oxygens (including phenoxy) is 2. The molecule has 0 fully saturated rings. The normalized spacial score (nSPS) is 10.8. The lowest BCUT2D eigenvalue weighted by Crippen LogP contribution is -2.23. The first-order valence-electron chi connectivity index (χ1n) is 12.1. The van der Waals surface area contributed by atoms with Gasteiger partial charge in [0.2, 0.25) is 0 Å². The summed E-state index contributed by atoms with van der Waals surface area (Å²) in [5.41, 5.74) is 5.64. The van der Waals surface area contributed by atoms with Crippen LogP contribution in [0.25, 0.3) is 11.1 Å². The average Bonchev–Trinajstić information content (AvgIpc) is 3.20. The summed E-state index contributed by atoms with van der Waals surface area (Å²) in [5, 5.41) is 10.9. The molecule has 0 saturated heterocycles. The molecule has 38 heavy (non-hydrogen) atoms. The molecule has 0 atom stereocenters. The minimum absolute atomic E-state index is 0.143. The number of nitrogens with zero attached hydrogens (tertiary/aromatic N) is 1. The second-order valence-electron chi connectivity index (χ2n) is 8.78. The third-order valence-corrected chi connectivity index (χ3v) is 6.07. The lowest BCUT2D eigenvalue weighted by Gasteiger charge is -2.15. The molecule has 4 aromatic rings. The maximum Gasteiger partial charge on any atom is 0.440 e. The molecule has 10 nitrogen and oxygen atoms in total. The van der Waals surface area contributed by atoms with E-state index in [0.29, 0.717) is 31.9 Å². The predicted molar refractivity (Wildman–Crippen MR) is 141 cm³/mol. The van der Waals surface area contributed by atoms with Gasteiger partial charge in [0.1, 0.15) is 18.1 Å². The first-order valence-corrected chi connectivity index (χ1v) is 12.1. The maximum atomic E-state index is 11.6. The summed E-state index contributed by atoms with van der Waals surface area (Å²) in [5.74, 6) is 0.637. The van der Waals surface area contributed by atoms with Crippen molar-refractivity contribution in [2.75, 3.05) is 13.2 Å². The predicted octanol–water partition coefficient (Wildman–Crippen LogP) is 4.08. The Morgan fingerprint density at radius 2 is 1.76 bits per heavy atom. The molecule has 0 saturated carbocycles. The highest BCUT2D eigenvalue weighted by molar-refractivity contribution is 5.72. The molecule has 3 aromatic carbocycles. The van der Waals surface area contributed by atoms with Gasteiger partial charge in [-0.3, -0.25) is 0 Å². The van der Waals surface area contributed by atoms with Gasteiger partial charge in [-0.15, -0.1) is 4.74 Å². The van der Waals surface area contributed by atoms with Crippen molar-refractivity contribution in [3.63, 3.8) is 0 Å². The first-order chi connectivity index (χ1) is 18.3. The molecule has 1 heterocycles. The Bertz CT molecular complexity index is 1520. The largest absolute Gasteiger partial charge is 0.494 e. The van der Waals surface area contributed by atoms with Crippen molar-refractivity contribution in [3.05, 3.63) is 104 Å². The highest BCUT2D eigenvalue weighted by Gasteiger charge is 2.11. The van der Waals surface area contributed by atoms with Crippen molar-refractivity contribution in [1.29, 1.82) is 0 Å². The van der Waals surface area contributed by atoms with Gasteiger partial charge in [-0.05, 0) is 77.9 Å². The van der Waals surface area contributed by atoms with Crippen molar-refractivity contribution in [2.24, 2.45) is 0 Å². The third-order valence-electron chi connectivity index (χ3n) is 6.07. The van der Waals surface area contributed by atoms with E-state index in [2.05, 4.69) is 23.3 Å². The van der Waals surface area contributed by atoms with Crippen molar-refractivity contribution in [3.8, 4) is 22.6 Å². The highest BCUT2D eigenvalue weighted by Crippen LogP contribution is 2.31. The van der Waals surface area contributed by atoms with Gasteiger partial charge in [0.05, 0.1) is 13.2 Å². The molecule has 1 amide bonds. The molecular formula is C28H29N3O7. The molecule has 198 valence electrons. The van der Waals surface area contributed by atoms with Crippen LogP contribution in [0.4, 0.5) is 4.79 Å². The number of carbonyl (C=O) groups is 1. The summed E-state index contributed by atoms with van der Waals surface area (Å²) < 4.78 is 17.5. The van der Waals surface area contributed by atoms with Crippen LogP contribution < -0.4 is 26.2 Å². The van der Waals surface area contributed by atoms with E-state index in [1.165, 1.54) is 0 Å². The lowest BCUT2D eigenvalue weighted by atomic mass is 9.94. The average molecular weight is 520 g/mol. The van der Waals surface area contributed by atoms with Crippen molar-refractivity contribution in [1.82, 2.24) is 15.0 Å². The quantitative estimate of drug-likeness (QED) is 0.254. The number of aromatic amines is 1. The van der Waals surface area contributed by atoms with E-state index in [1.54, 1.807) is 0 Å². The number of benzene rings is 3. The van der Waals surface area contributed by atoms with Crippen LogP contribution in [0, 0.1) is 13.8 Å². The Hall–Kier alpha value is -4.73. The summed E-state index contributed by atoms with van der Waals surface area (Å²) in [7, 11) is 0. The summed E-state index contributed by atoms with van der Waals surface area (Å²) in [6, 6.07) is 19.3. The maximum absolute atomic E-state index is 11.6. The Morgan fingerprint density at radius 1 is 1.00 bits per heavy atom. The second kappa shape index (κ2) is 12.0. The number of amides is 1. The summed E-state index contributed by atoms with van der Waals surface area (Å²) >= 11 is 0. The fourth-order valence-electron chi connectivity index (χ4n) is 4.05. The van der Waals surface area contributed by atoms with E-state index in [-0.39, 0.29) is 6.54 Å². The Balaban J connectivity index is 1.38. The monoisotopic (exact) mass is 519 g/mol. The number of nitrogens with one attached hydrogen (secondary N) is 2. The minimum atomic E-state index is -1.04. The molecule has 0 aliphatic heterocycles. The lowest BCUT2D eigenvalue weighted by molar-refractivity contribution is 0.193. The van der Waals surface area contributed by atoms with Crippen LogP contribution in [0.1, 0.15) is 28.7 Å². The van der Waals surface area contributed by atoms with E-state index >= 15 is 0 Å². The number of carboxylic acid groups (broad SMARTS) is 1. The molecule has 0 aliphatic rings. The molecule has 3 N–H and O–H groups in total. The van der Waals surface area contributed by atoms with Crippen LogP contribution in [0.2, 0.25) is 0 Å². The molecule has 0 bridgehead atoms. The van der Waals surface area contributed by atoms with Gasteiger partial charge >= 0.3 is 17.5 Å². The van der Waals surface area contributed by atoms with Crippen molar-refractivity contribution < 1.29 is 23.9 Å². The zero-order chi connectivity index (χ0) is 27.1. The van der Waals surface area contributed by atoms with Crippen LogP contribution in [0.15, 0.2) is 74.8 Å². The second-order valence-corrected chi connectivity index (χ2v) is 8.78. The van der Waals surface area contributed by atoms with Crippen molar-refractivity contribution in [2.45, 2.75) is 33.4 Å². The van der Waals surface area contributed by atoms with E-state index in [0.717, 1.165) is 43.9 Å². The summed E-state index contributed by atoms with van der Waals surface area (Å²) in [4.78, 5) is 35.3. The number of rotatable bonds is 11. The number of hydrogen-bond donors (Lipinski definition) is 3. The SMILES string of the molecule is Cc1cc(OCCCNC(=O)O)ccc1-c1cccc(COc2ccc(Cn3oc(=O)[nH]c3=O)cc2)c1C. The van der Waals surface area contributed by atoms with Gasteiger partial charge in [-0.1, -0.05) is 36.4 Å². The standard InChI is InChI=1S/C28H29N3O7/c1-18-15-23(36-14-4-13-29-27(33)34)11-12-24(18)25-6-3-5-21(19(25)2)17-37-22-9-7-20(8-10-22)16-31-26(32)30-28(35)38-31/h3,5-12,15,29H,4,13-14,16-17H2,1-2H3,(H,33,34)(H,30,32,35). The van der Waals surface area contributed by atoms with Gasteiger partial charge in [-0.25, -0.2) is 19.4 Å². The topological polar surface area (TPSA) is 136 Å². The zero-order valence-electron chi connectivity index (χ0n) is 21.2. The molecule has 0 unspecified atom stereocenters. The van der Waals surface area contributed by atoms with E-state index < -0.39 is 17.5 Å². The Morgan fingerprint density at radius 3 is 2.45 bits per heavy atom. The number of hydrogen-bond acceptors (Lipinski definition) is 6. The van der Waals surface area contributed by atoms with E-state index in [4.69, 9.17) is 19.1 Å². The number of aromatic nitrogens is 2. The van der Waals surface area contributed by atoms with Gasteiger partial charge in [0.25, 0.3) is 0 Å². The molecule has 10 heteroatoms. The fourth-order valence-corrected chi connectivity index (χ4v) is 4.05. The van der Waals surface area contributed by atoms with Gasteiger partial charge in [0.15, 0.2) is 0 Å². The number of H-pyrrole nitrogens is 1. The van der Waals surface area contributed by atoms with Crippen LogP contribution in [-0.4, -0.2) is 34.1 Å². The summed E-state index contributed by atoms with van der Waals surface area (Å²) in [6.45, 7) is 5.40.